The molecule has 6 rings (SSSR count). The van der Waals surface area contributed by atoms with E-state index in [0.717, 1.165) is 38.8 Å². The molecule has 1 saturated heterocycles. The third kappa shape index (κ3) is 2.59. The maximum Gasteiger partial charge on any atom is 0.373 e. The van der Waals surface area contributed by atoms with Gasteiger partial charge >= 0.3 is 7.60 Å². The second-order valence-corrected chi connectivity index (χ2v) is 11.8. The highest BCUT2D eigenvalue weighted by molar-refractivity contribution is 7.52. The number of benzene rings is 1. The molecule has 1 aromatic rings. The standard InChI is InChI=1S/C19H23Cl2O6P/c1-24-19(12-3-4-15(20)16(7-12)25-28(2,22)23)18(26-27-19)13-5-11-6-14(18)10-17(21,8-11)9-13/h3-4,7,11,13-14H,5-6,8-10H2,1-2H3,(H,22,23). The van der Waals surface area contributed by atoms with E-state index in [4.69, 9.17) is 42.2 Å². The molecule has 1 heterocycles. The predicted molar refractivity (Wildman–Crippen MR) is 104 cm³/mol. The maximum atomic E-state index is 11.8. The second-order valence-electron chi connectivity index (χ2n) is 8.81. The Morgan fingerprint density at radius 2 is 1.89 bits per heavy atom. The molecule has 1 spiro atoms. The van der Waals surface area contributed by atoms with E-state index in [1.165, 1.54) is 0 Å². The summed E-state index contributed by atoms with van der Waals surface area (Å²) in [7, 11) is -2.18. The van der Waals surface area contributed by atoms with E-state index in [2.05, 4.69) is 0 Å². The van der Waals surface area contributed by atoms with Crippen LogP contribution in [-0.4, -0.2) is 29.1 Å². The van der Waals surface area contributed by atoms with Gasteiger partial charge in [0.1, 0.15) is 5.75 Å². The minimum Gasteiger partial charge on any atom is -0.423 e. The number of rotatable bonds is 4. The van der Waals surface area contributed by atoms with Crippen molar-refractivity contribution in [3.8, 4) is 5.75 Å². The summed E-state index contributed by atoms with van der Waals surface area (Å²) < 4.78 is 22.9. The van der Waals surface area contributed by atoms with Crippen LogP contribution < -0.4 is 4.52 Å². The zero-order chi connectivity index (χ0) is 19.9. The summed E-state index contributed by atoms with van der Waals surface area (Å²) in [5.41, 5.74) is 0.0299. The Hall–Kier alpha value is -0.330. The Labute approximate surface area is 173 Å². The number of ether oxygens (including phenoxy) is 1. The molecule has 1 aromatic carbocycles. The topological polar surface area (TPSA) is 74.2 Å². The van der Waals surface area contributed by atoms with Crippen molar-refractivity contribution >= 4 is 30.8 Å². The first-order valence-corrected chi connectivity index (χ1v) is 12.3. The van der Waals surface area contributed by atoms with Crippen LogP contribution >= 0.6 is 30.8 Å². The van der Waals surface area contributed by atoms with Crippen LogP contribution in [0.5, 0.6) is 5.75 Å². The fraction of sp³-hybridized carbons (Fsp3) is 0.684. The molecule has 5 fully saturated rings. The van der Waals surface area contributed by atoms with Crippen LogP contribution in [0.15, 0.2) is 18.2 Å². The van der Waals surface area contributed by atoms with E-state index >= 15 is 0 Å². The van der Waals surface area contributed by atoms with Gasteiger partial charge in [-0.1, -0.05) is 17.7 Å². The van der Waals surface area contributed by atoms with Crippen LogP contribution in [0, 0.1) is 17.8 Å². The Bertz CT molecular complexity index is 852. The number of methoxy groups -OCH3 is 1. The van der Waals surface area contributed by atoms with Gasteiger partial charge in [0, 0.05) is 24.2 Å². The van der Waals surface area contributed by atoms with Gasteiger partial charge < -0.3 is 14.2 Å². The molecular formula is C19H23Cl2O6P. The van der Waals surface area contributed by atoms with Gasteiger partial charge in [-0.15, -0.1) is 11.6 Å². The van der Waals surface area contributed by atoms with Gasteiger partial charge in [-0.2, -0.15) is 4.89 Å². The molecule has 28 heavy (non-hydrogen) atoms. The van der Waals surface area contributed by atoms with Crippen molar-refractivity contribution in [3.63, 3.8) is 0 Å². The monoisotopic (exact) mass is 448 g/mol. The van der Waals surface area contributed by atoms with Crippen molar-refractivity contribution in [3.05, 3.63) is 28.8 Å². The first kappa shape index (κ1) is 19.6. The number of hydrogen-bond donors (Lipinski definition) is 1. The second kappa shape index (κ2) is 6.10. The fourth-order valence-electron chi connectivity index (χ4n) is 6.30. The molecule has 0 amide bonds. The average Bonchev–Trinajstić information content (AvgIpc) is 2.54. The van der Waals surface area contributed by atoms with E-state index in [1.807, 2.05) is 0 Å². The molecule has 4 saturated carbocycles. The molecular weight excluding hydrogens is 426 g/mol. The highest BCUT2D eigenvalue weighted by Crippen LogP contribution is 2.71. The molecule has 5 aliphatic rings. The van der Waals surface area contributed by atoms with Gasteiger partial charge in [0.15, 0.2) is 5.60 Å². The lowest BCUT2D eigenvalue weighted by Crippen LogP contribution is -2.78. The third-order valence-corrected chi connectivity index (χ3v) is 8.32. The molecule has 1 aliphatic heterocycles. The molecule has 1 N–H and O–H groups in total. The Balaban J connectivity index is 1.58. The molecule has 4 atom stereocenters. The van der Waals surface area contributed by atoms with Crippen LogP contribution in [-0.2, 0) is 24.9 Å². The highest BCUT2D eigenvalue weighted by Gasteiger charge is 2.78. The highest BCUT2D eigenvalue weighted by atomic mass is 35.5. The predicted octanol–water partition coefficient (Wildman–Crippen LogP) is 4.85. The van der Waals surface area contributed by atoms with Crippen LogP contribution in [0.3, 0.4) is 0 Å². The molecule has 0 radical (unpaired) electrons. The van der Waals surface area contributed by atoms with Gasteiger partial charge in [-0.05, 0) is 62.0 Å². The molecule has 6 nitrogen and oxygen atoms in total. The quantitative estimate of drug-likeness (QED) is 0.403. The lowest BCUT2D eigenvalue weighted by atomic mass is 9.46. The summed E-state index contributed by atoms with van der Waals surface area (Å²) in [5.74, 6) is 0.0509. The summed E-state index contributed by atoms with van der Waals surface area (Å²) in [4.78, 5) is 21.1. The smallest absolute Gasteiger partial charge is 0.373 e. The molecule has 154 valence electrons. The van der Waals surface area contributed by atoms with Crippen LogP contribution in [0.1, 0.15) is 37.7 Å². The van der Waals surface area contributed by atoms with Gasteiger partial charge in [-0.3, -0.25) is 0 Å². The zero-order valence-corrected chi connectivity index (χ0v) is 18.1. The first-order valence-electron chi connectivity index (χ1n) is 9.52. The molecule has 4 unspecified atom stereocenters. The summed E-state index contributed by atoms with van der Waals surface area (Å²) >= 11 is 13.1. The molecule has 4 aliphatic carbocycles. The molecule has 9 heteroatoms. The minimum absolute atomic E-state index is 0.118. The van der Waals surface area contributed by atoms with Crippen molar-refractivity contribution < 1.29 is 28.5 Å². The van der Waals surface area contributed by atoms with E-state index in [-0.39, 0.29) is 27.5 Å². The summed E-state index contributed by atoms with van der Waals surface area (Å²) in [6.07, 6.45) is 4.88. The normalized spacial score (nSPS) is 45.7. The van der Waals surface area contributed by atoms with Crippen molar-refractivity contribution in [2.24, 2.45) is 17.8 Å². The number of halogens is 2. The Kier molecular flexibility index (Phi) is 4.28. The summed E-state index contributed by atoms with van der Waals surface area (Å²) in [6, 6.07) is 5.03. The van der Waals surface area contributed by atoms with Crippen LogP contribution in [0.2, 0.25) is 5.02 Å². The molecule has 4 bridgehead atoms. The van der Waals surface area contributed by atoms with E-state index in [0.29, 0.717) is 11.5 Å². The molecule has 0 aromatic heterocycles. The van der Waals surface area contributed by atoms with Gasteiger partial charge in [0.25, 0.3) is 5.79 Å². The van der Waals surface area contributed by atoms with Crippen molar-refractivity contribution in [1.82, 2.24) is 0 Å². The maximum absolute atomic E-state index is 11.8. The Morgan fingerprint density at radius 3 is 2.39 bits per heavy atom. The zero-order valence-electron chi connectivity index (χ0n) is 15.7. The SMILES string of the molecule is COC1(c2ccc(Cl)c(OP(C)(=O)O)c2)OOC12C1CC3CC2CC(Cl)(C3)C1. The van der Waals surface area contributed by atoms with Gasteiger partial charge in [0.05, 0.1) is 5.02 Å². The van der Waals surface area contributed by atoms with Gasteiger partial charge in [-0.25, -0.2) is 9.45 Å². The van der Waals surface area contributed by atoms with E-state index in [1.54, 1.807) is 25.3 Å². The van der Waals surface area contributed by atoms with Gasteiger partial charge in [0.2, 0.25) is 0 Å². The van der Waals surface area contributed by atoms with Crippen LogP contribution in [0.4, 0.5) is 0 Å². The van der Waals surface area contributed by atoms with Crippen LogP contribution in [0.25, 0.3) is 0 Å². The van der Waals surface area contributed by atoms with Crippen molar-refractivity contribution in [2.45, 2.75) is 48.4 Å². The largest absolute Gasteiger partial charge is 0.423 e. The minimum atomic E-state index is -3.77. The lowest BCUT2D eigenvalue weighted by molar-refractivity contribution is -0.645. The summed E-state index contributed by atoms with van der Waals surface area (Å²) in [5, 5.41) is 0.241. The number of alkyl halides is 1. The summed E-state index contributed by atoms with van der Waals surface area (Å²) in [6.45, 7) is 1.12. The third-order valence-electron chi connectivity index (χ3n) is 7.01. The fourth-order valence-corrected chi connectivity index (χ4v) is 7.62. The number of hydrogen-bond acceptors (Lipinski definition) is 5. The van der Waals surface area contributed by atoms with E-state index in [9.17, 15) is 9.46 Å². The van der Waals surface area contributed by atoms with Crippen molar-refractivity contribution in [2.75, 3.05) is 13.8 Å². The lowest BCUT2D eigenvalue weighted by Gasteiger charge is -2.70. The Morgan fingerprint density at radius 1 is 1.21 bits per heavy atom. The first-order chi connectivity index (χ1) is 13.1. The average molecular weight is 449 g/mol. The van der Waals surface area contributed by atoms with Crippen molar-refractivity contribution in [1.29, 1.82) is 0 Å². The van der Waals surface area contributed by atoms with E-state index < -0.39 is 19.0 Å².